The Balaban J connectivity index is 1.73. The molecule has 1 aliphatic heterocycles. The van der Waals surface area contributed by atoms with Gasteiger partial charge in [0.1, 0.15) is 5.75 Å². The van der Waals surface area contributed by atoms with Gasteiger partial charge in [-0.25, -0.2) is 0 Å². The molecule has 0 spiro atoms. The summed E-state index contributed by atoms with van der Waals surface area (Å²) < 4.78 is 29.5. The molecule has 3 aromatic rings. The van der Waals surface area contributed by atoms with Crippen molar-refractivity contribution in [1.82, 2.24) is 0 Å². The Kier molecular flexibility index (Phi) is 7.52. The zero-order chi connectivity index (χ0) is 25.1. The molecule has 0 amide bonds. The highest BCUT2D eigenvalue weighted by atomic mass is 28.4. The molecule has 0 bridgehead atoms. The average molecular weight is 494 g/mol. The molecule has 3 aromatic carbocycles. The van der Waals surface area contributed by atoms with Gasteiger partial charge in [-0.15, -0.1) is 0 Å². The first-order valence-electron chi connectivity index (χ1n) is 11.8. The second-order valence-corrected chi connectivity index (χ2v) is 14.1. The number of rotatable bonds is 9. The van der Waals surface area contributed by atoms with Crippen LogP contribution in [0.4, 0.5) is 0 Å². The fraction of sp³-hybridized carbons (Fsp3) is 0.357. The maximum atomic E-state index is 7.05. The van der Waals surface area contributed by atoms with E-state index in [9.17, 15) is 0 Å². The number of hydrogen-bond acceptors (Lipinski definition) is 6. The van der Waals surface area contributed by atoms with Gasteiger partial charge in [-0.1, -0.05) is 81.4 Å². The summed E-state index contributed by atoms with van der Waals surface area (Å²) in [6.07, 6.45) is 0. The molecule has 0 aromatic heterocycles. The predicted molar refractivity (Wildman–Crippen MR) is 140 cm³/mol. The Morgan fingerprint density at radius 2 is 1.51 bits per heavy atom. The quantitative estimate of drug-likeness (QED) is 0.354. The van der Waals surface area contributed by atoms with Crippen LogP contribution in [-0.2, 0) is 9.16 Å². The molecule has 35 heavy (non-hydrogen) atoms. The molecule has 7 heteroatoms. The second kappa shape index (κ2) is 10.4. The van der Waals surface area contributed by atoms with E-state index >= 15 is 0 Å². The molecule has 1 unspecified atom stereocenters. The van der Waals surface area contributed by atoms with Crippen molar-refractivity contribution in [2.45, 2.75) is 38.8 Å². The van der Waals surface area contributed by atoms with E-state index in [1.54, 1.807) is 7.11 Å². The molecule has 1 atom stereocenters. The standard InChI is InChI=1S/C28H35NO5Si/c1-20-25(31-18-30-5)16-23(27-26(20)32-19-33-27)24(29)17-34-35(28(2,3)4,21-12-8-6-9-13-21)22-14-10-7-11-15-22/h6-16,24H,17-19,29H2,1-5H3. The minimum atomic E-state index is -2.72. The SMILES string of the molecule is COCOc1cc(C(N)CO[Si](c2ccccc2)(c2ccccc2)C(C)(C)C)c2c(c1C)OCO2. The average Bonchev–Trinajstić information content (AvgIpc) is 3.35. The van der Waals surface area contributed by atoms with Gasteiger partial charge in [0.25, 0.3) is 8.32 Å². The van der Waals surface area contributed by atoms with E-state index in [-0.39, 0.29) is 18.6 Å². The molecule has 1 heterocycles. The van der Waals surface area contributed by atoms with Crippen LogP contribution in [-0.4, -0.2) is 35.6 Å². The Hall–Kier alpha value is -2.84. The summed E-state index contributed by atoms with van der Waals surface area (Å²) >= 11 is 0. The first-order chi connectivity index (χ1) is 16.8. The number of ether oxygens (including phenoxy) is 4. The fourth-order valence-corrected chi connectivity index (χ4v) is 9.40. The first kappa shape index (κ1) is 25.3. The molecular weight excluding hydrogens is 458 g/mol. The molecule has 0 radical (unpaired) electrons. The van der Waals surface area contributed by atoms with Crippen molar-refractivity contribution in [3.8, 4) is 17.2 Å². The number of methoxy groups -OCH3 is 1. The third-order valence-electron chi connectivity index (χ3n) is 6.50. The summed E-state index contributed by atoms with van der Waals surface area (Å²) in [5, 5.41) is 2.28. The summed E-state index contributed by atoms with van der Waals surface area (Å²) in [6, 6.07) is 22.5. The van der Waals surface area contributed by atoms with Crippen molar-refractivity contribution in [3.05, 3.63) is 77.9 Å². The van der Waals surface area contributed by atoms with Gasteiger partial charge in [0.2, 0.25) is 6.79 Å². The fourth-order valence-electron chi connectivity index (χ4n) is 4.81. The monoisotopic (exact) mass is 493 g/mol. The highest BCUT2D eigenvalue weighted by molar-refractivity contribution is 6.99. The summed E-state index contributed by atoms with van der Waals surface area (Å²) in [4.78, 5) is 0. The molecule has 0 fully saturated rings. The van der Waals surface area contributed by atoms with Gasteiger partial charge in [0.05, 0.1) is 12.6 Å². The van der Waals surface area contributed by atoms with Crippen molar-refractivity contribution < 1.29 is 23.4 Å². The van der Waals surface area contributed by atoms with Crippen molar-refractivity contribution in [3.63, 3.8) is 0 Å². The highest BCUT2D eigenvalue weighted by Gasteiger charge is 2.50. The predicted octanol–water partition coefficient (Wildman–Crippen LogP) is 4.28. The van der Waals surface area contributed by atoms with Gasteiger partial charge in [-0.3, -0.25) is 0 Å². The third kappa shape index (κ3) is 4.82. The molecule has 1 aliphatic rings. The van der Waals surface area contributed by atoms with Crippen LogP contribution in [0, 0.1) is 6.92 Å². The molecule has 4 rings (SSSR count). The largest absolute Gasteiger partial charge is 0.467 e. The van der Waals surface area contributed by atoms with Gasteiger partial charge in [-0.05, 0) is 28.4 Å². The van der Waals surface area contributed by atoms with Gasteiger partial charge in [0, 0.05) is 18.2 Å². The van der Waals surface area contributed by atoms with Crippen molar-refractivity contribution >= 4 is 18.7 Å². The molecule has 0 saturated carbocycles. The van der Waals surface area contributed by atoms with E-state index in [0.717, 1.165) is 11.1 Å². The number of fused-ring (bicyclic) bond motifs is 1. The summed E-state index contributed by atoms with van der Waals surface area (Å²) in [5.41, 5.74) is 8.46. The van der Waals surface area contributed by atoms with Gasteiger partial charge < -0.3 is 29.1 Å². The van der Waals surface area contributed by atoms with Crippen LogP contribution < -0.4 is 30.3 Å². The lowest BCUT2D eigenvalue weighted by Crippen LogP contribution is -2.67. The van der Waals surface area contributed by atoms with Gasteiger partial charge in [0.15, 0.2) is 18.3 Å². The lowest BCUT2D eigenvalue weighted by molar-refractivity contribution is 0.0504. The number of nitrogens with two attached hydrogens (primary N) is 1. The van der Waals surface area contributed by atoms with Crippen LogP contribution in [0.15, 0.2) is 66.7 Å². The van der Waals surface area contributed by atoms with Crippen LogP contribution in [0.3, 0.4) is 0 Å². The Morgan fingerprint density at radius 3 is 2.06 bits per heavy atom. The summed E-state index contributed by atoms with van der Waals surface area (Å²) in [7, 11) is -1.13. The first-order valence-corrected chi connectivity index (χ1v) is 13.8. The minimum absolute atomic E-state index is 0.133. The van der Waals surface area contributed by atoms with Gasteiger partial charge >= 0.3 is 0 Å². The second-order valence-electron chi connectivity index (χ2n) is 9.79. The van der Waals surface area contributed by atoms with Crippen molar-refractivity contribution in [2.75, 3.05) is 27.3 Å². The van der Waals surface area contributed by atoms with Gasteiger partial charge in [-0.2, -0.15) is 0 Å². The van der Waals surface area contributed by atoms with E-state index in [1.165, 1.54) is 10.4 Å². The van der Waals surface area contributed by atoms with E-state index in [1.807, 2.05) is 25.1 Å². The van der Waals surface area contributed by atoms with Crippen LogP contribution >= 0.6 is 0 Å². The lowest BCUT2D eigenvalue weighted by Gasteiger charge is -2.43. The maximum absolute atomic E-state index is 7.05. The highest BCUT2D eigenvalue weighted by Crippen LogP contribution is 2.46. The zero-order valence-electron chi connectivity index (χ0n) is 21.2. The number of benzene rings is 3. The van der Waals surface area contributed by atoms with E-state index in [0.29, 0.717) is 23.9 Å². The molecular formula is C28H35NO5Si. The van der Waals surface area contributed by atoms with Crippen LogP contribution in [0.1, 0.15) is 37.9 Å². The lowest BCUT2D eigenvalue weighted by atomic mass is 10.0. The normalized spacial score (nSPS) is 14.1. The van der Waals surface area contributed by atoms with E-state index in [2.05, 4.69) is 69.3 Å². The third-order valence-corrected chi connectivity index (χ3v) is 11.5. The van der Waals surface area contributed by atoms with Crippen LogP contribution in [0.2, 0.25) is 5.04 Å². The molecule has 6 nitrogen and oxygen atoms in total. The summed E-state index contributed by atoms with van der Waals surface area (Å²) in [5.74, 6) is 1.98. The molecule has 0 aliphatic carbocycles. The summed E-state index contributed by atoms with van der Waals surface area (Å²) in [6.45, 7) is 9.29. The maximum Gasteiger partial charge on any atom is 0.261 e. The smallest absolute Gasteiger partial charge is 0.261 e. The van der Waals surface area contributed by atoms with Crippen molar-refractivity contribution in [2.24, 2.45) is 5.73 Å². The number of hydrogen-bond donors (Lipinski definition) is 1. The van der Waals surface area contributed by atoms with Crippen LogP contribution in [0.5, 0.6) is 17.2 Å². The van der Waals surface area contributed by atoms with E-state index < -0.39 is 14.4 Å². The molecule has 0 saturated heterocycles. The van der Waals surface area contributed by atoms with E-state index in [4.69, 9.17) is 29.1 Å². The Bertz CT molecular complexity index is 1090. The molecule has 2 N–H and O–H groups in total. The van der Waals surface area contributed by atoms with Crippen molar-refractivity contribution in [1.29, 1.82) is 0 Å². The zero-order valence-corrected chi connectivity index (χ0v) is 22.2. The molecule has 186 valence electrons. The Labute approximate surface area is 209 Å². The Morgan fingerprint density at radius 1 is 0.943 bits per heavy atom. The topological polar surface area (TPSA) is 72.2 Å². The van der Waals surface area contributed by atoms with Crippen LogP contribution in [0.25, 0.3) is 0 Å². The minimum Gasteiger partial charge on any atom is -0.467 e.